The highest BCUT2D eigenvalue weighted by Crippen LogP contribution is 2.19. The first-order valence-corrected chi connectivity index (χ1v) is 7.03. The first kappa shape index (κ1) is 14.3. The summed E-state index contributed by atoms with van der Waals surface area (Å²) < 4.78 is 18.9. The Morgan fingerprint density at radius 3 is 2.95 bits per heavy atom. The van der Waals surface area contributed by atoms with Gasteiger partial charge in [-0.2, -0.15) is 0 Å². The topological polar surface area (TPSA) is 24.5 Å². The molecule has 0 saturated carbocycles. The standard InChI is InChI=1S/C15H23FN2O/c1-3-19-15-5-4-12(10-14(15)16)7-9-18(2)13-6-8-17-11-13/h4-5,10,13,17H,3,6-9,11H2,1-2H3. The fourth-order valence-electron chi connectivity index (χ4n) is 2.48. The van der Waals surface area contributed by atoms with E-state index in [1.165, 1.54) is 6.42 Å². The van der Waals surface area contributed by atoms with Crippen LogP contribution in [0.2, 0.25) is 0 Å². The summed E-state index contributed by atoms with van der Waals surface area (Å²) in [6.45, 7) is 5.48. The number of hydrogen-bond donors (Lipinski definition) is 1. The van der Waals surface area contributed by atoms with Crippen molar-refractivity contribution in [1.82, 2.24) is 10.2 Å². The summed E-state index contributed by atoms with van der Waals surface area (Å²) in [5.74, 6) is 0.0872. The van der Waals surface area contributed by atoms with Crippen LogP contribution in [0.3, 0.4) is 0 Å². The Bertz CT molecular complexity index is 405. The predicted molar refractivity (Wildman–Crippen MR) is 75.2 cm³/mol. The molecule has 1 aromatic rings. The van der Waals surface area contributed by atoms with Gasteiger partial charge in [0.1, 0.15) is 0 Å². The second-order valence-corrected chi connectivity index (χ2v) is 5.08. The molecule has 19 heavy (non-hydrogen) atoms. The lowest BCUT2D eigenvalue weighted by Gasteiger charge is -2.23. The molecule has 0 aliphatic carbocycles. The third-order valence-corrected chi connectivity index (χ3v) is 3.71. The van der Waals surface area contributed by atoms with Crippen LogP contribution in [-0.2, 0) is 6.42 Å². The quantitative estimate of drug-likeness (QED) is 0.853. The van der Waals surface area contributed by atoms with Crippen molar-refractivity contribution in [3.63, 3.8) is 0 Å². The monoisotopic (exact) mass is 266 g/mol. The van der Waals surface area contributed by atoms with Gasteiger partial charge in [0.2, 0.25) is 0 Å². The molecule has 1 fully saturated rings. The van der Waals surface area contributed by atoms with Gasteiger partial charge in [-0.15, -0.1) is 0 Å². The number of hydrogen-bond acceptors (Lipinski definition) is 3. The Morgan fingerprint density at radius 2 is 2.32 bits per heavy atom. The molecule has 1 aromatic carbocycles. The third-order valence-electron chi connectivity index (χ3n) is 3.71. The number of likely N-dealkylation sites (N-methyl/N-ethyl adjacent to an activating group) is 1. The van der Waals surface area contributed by atoms with Crippen LogP contribution in [0.15, 0.2) is 18.2 Å². The highest BCUT2D eigenvalue weighted by molar-refractivity contribution is 5.29. The van der Waals surface area contributed by atoms with Crippen LogP contribution in [0.1, 0.15) is 18.9 Å². The molecule has 1 atom stereocenters. The van der Waals surface area contributed by atoms with E-state index in [0.717, 1.165) is 31.6 Å². The molecular weight excluding hydrogens is 243 g/mol. The lowest BCUT2D eigenvalue weighted by atomic mass is 10.1. The molecule has 3 nitrogen and oxygen atoms in total. The molecule has 2 rings (SSSR count). The van der Waals surface area contributed by atoms with E-state index >= 15 is 0 Å². The number of nitrogens with zero attached hydrogens (tertiary/aromatic N) is 1. The molecular formula is C15H23FN2O. The Hall–Kier alpha value is -1.13. The molecule has 0 spiro atoms. The number of halogens is 1. The number of rotatable bonds is 6. The van der Waals surface area contributed by atoms with Crippen molar-refractivity contribution in [2.45, 2.75) is 25.8 Å². The zero-order valence-corrected chi connectivity index (χ0v) is 11.8. The Kier molecular flexibility index (Phi) is 5.16. The van der Waals surface area contributed by atoms with Gasteiger partial charge < -0.3 is 15.0 Å². The van der Waals surface area contributed by atoms with E-state index in [0.29, 0.717) is 18.4 Å². The highest BCUT2D eigenvalue weighted by atomic mass is 19.1. The van der Waals surface area contributed by atoms with Crippen molar-refractivity contribution >= 4 is 0 Å². The van der Waals surface area contributed by atoms with Crippen LogP contribution in [-0.4, -0.2) is 44.2 Å². The maximum atomic E-state index is 13.7. The van der Waals surface area contributed by atoms with Gasteiger partial charge in [-0.3, -0.25) is 0 Å². The lowest BCUT2D eigenvalue weighted by molar-refractivity contribution is 0.260. The first-order chi connectivity index (χ1) is 9.20. The van der Waals surface area contributed by atoms with Gasteiger partial charge in [0.05, 0.1) is 6.61 Å². The zero-order chi connectivity index (χ0) is 13.7. The molecule has 0 radical (unpaired) electrons. The molecule has 0 aromatic heterocycles. The lowest BCUT2D eigenvalue weighted by Crippen LogP contribution is -2.34. The van der Waals surface area contributed by atoms with E-state index < -0.39 is 0 Å². The second-order valence-electron chi connectivity index (χ2n) is 5.08. The second kappa shape index (κ2) is 6.87. The predicted octanol–water partition coefficient (Wildman–Crippen LogP) is 2.06. The summed E-state index contributed by atoms with van der Waals surface area (Å²) >= 11 is 0. The minimum atomic E-state index is -0.260. The highest BCUT2D eigenvalue weighted by Gasteiger charge is 2.18. The van der Waals surface area contributed by atoms with E-state index in [1.807, 2.05) is 13.0 Å². The van der Waals surface area contributed by atoms with E-state index in [9.17, 15) is 4.39 Å². The summed E-state index contributed by atoms with van der Waals surface area (Å²) in [6.07, 6.45) is 2.07. The largest absolute Gasteiger partial charge is 0.491 e. The third kappa shape index (κ3) is 3.91. The van der Waals surface area contributed by atoms with Gasteiger partial charge in [0.25, 0.3) is 0 Å². The van der Waals surface area contributed by atoms with Crippen molar-refractivity contribution in [3.05, 3.63) is 29.6 Å². The van der Waals surface area contributed by atoms with Crippen molar-refractivity contribution in [2.24, 2.45) is 0 Å². The average molecular weight is 266 g/mol. The van der Waals surface area contributed by atoms with Gasteiger partial charge in [0.15, 0.2) is 11.6 Å². The van der Waals surface area contributed by atoms with Crippen molar-refractivity contribution in [1.29, 1.82) is 0 Å². The molecule has 106 valence electrons. The smallest absolute Gasteiger partial charge is 0.165 e. The normalized spacial score (nSPS) is 19.1. The molecule has 1 aliphatic rings. The summed E-state index contributed by atoms with van der Waals surface area (Å²) in [7, 11) is 2.14. The van der Waals surface area contributed by atoms with Crippen LogP contribution in [0.4, 0.5) is 4.39 Å². The SMILES string of the molecule is CCOc1ccc(CCN(C)C2CCNC2)cc1F. The summed E-state index contributed by atoms with van der Waals surface area (Å²) in [5, 5.41) is 3.36. The van der Waals surface area contributed by atoms with Gasteiger partial charge >= 0.3 is 0 Å². The van der Waals surface area contributed by atoms with Crippen molar-refractivity contribution < 1.29 is 9.13 Å². The fraction of sp³-hybridized carbons (Fsp3) is 0.600. The molecule has 1 N–H and O–H groups in total. The molecule has 1 saturated heterocycles. The Morgan fingerprint density at radius 1 is 1.47 bits per heavy atom. The molecule has 1 heterocycles. The van der Waals surface area contributed by atoms with Gasteiger partial charge in [-0.25, -0.2) is 4.39 Å². The van der Waals surface area contributed by atoms with E-state index in [4.69, 9.17) is 4.74 Å². The van der Waals surface area contributed by atoms with Gasteiger partial charge in [-0.1, -0.05) is 6.07 Å². The van der Waals surface area contributed by atoms with Crippen LogP contribution in [0.25, 0.3) is 0 Å². The van der Waals surface area contributed by atoms with Crippen molar-refractivity contribution in [3.8, 4) is 5.75 Å². The maximum Gasteiger partial charge on any atom is 0.165 e. The number of benzene rings is 1. The Balaban J connectivity index is 1.86. The van der Waals surface area contributed by atoms with E-state index in [2.05, 4.69) is 17.3 Å². The summed E-state index contributed by atoms with van der Waals surface area (Å²) in [6, 6.07) is 5.89. The van der Waals surface area contributed by atoms with E-state index in [-0.39, 0.29) is 5.82 Å². The molecule has 1 aliphatic heterocycles. The zero-order valence-electron chi connectivity index (χ0n) is 11.8. The van der Waals surface area contributed by atoms with Crippen LogP contribution < -0.4 is 10.1 Å². The van der Waals surface area contributed by atoms with Crippen LogP contribution >= 0.6 is 0 Å². The maximum absolute atomic E-state index is 13.7. The fourth-order valence-corrected chi connectivity index (χ4v) is 2.48. The average Bonchev–Trinajstić information content (AvgIpc) is 2.93. The van der Waals surface area contributed by atoms with Gasteiger partial charge in [-0.05, 0) is 51.1 Å². The van der Waals surface area contributed by atoms with E-state index in [1.54, 1.807) is 12.1 Å². The van der Waals surface area contributed by atoms with Crippen molar-refractivity contribution in [2.75, 3.05) is 33.3 Å². The van der Waals surface area contributed by atoms with Crippen LogP contribution in [0, 0.1) is 5.82 Å². The summed E-state index contributed by atoms with van der Waals surface area (Å²) in [5.41, 5.74) is 1.03. The molecule has 4 heteroatoms. The molecule has 0 amide bonds. The number of nitrogens with one attached hydrogen (secondary N) is 1. The minimum absolute atomic E-state index is 0.260. The van der Waals surface area contributed by atoms with Gasteiger partial charge in [0, 0.05) is 19.1 Å². The molecule has 1 unspecified atom stereocenters. The first-order valence-electron chi connectivity index (χ1n) is 7.03. The Labute approximate surface area is 114 Å². The minimum Gasteiger partial charge on any atom is -0.491 e. The molecule has 0 bridgehead atoms. The number of ether oxygens (including phenoxy) is 1. The van der Waals surface area contributed by atoms with Crippen LogP contribution in [0.5, 0.6) is 5.75 Å². The summed E-state index contributed by atoms with van der Waals surface area (Å²) in [4.78, 5) is 2.36.